The van der Waals surface area contributed by atoms with Gasteiger partial charge in [-0.15, -0.1) is 0 Å². The average Bonchev–Trinajstić information content (AvgIpc) is 3.30. The molecule has 13 heteroatoms. The number of imidazole rings is 1. The van der Waals surface area contributed by atoms with Gasteiger partial charge in [0.1, 0.15) is 24.0 Å². The summed E-state index contributed by atoms with van der Waals surface area (Å²) in [4.78, 5) is 50.2. The third-order valence-electron chi connectivity index (χ3n) is 6.68. The molecule has 0 spiro atoms. The van der Waals surface area contributed by atoms with Gasteiger partial charge in [-0.05, 0) is 68.7 Å². The first-order valence-corrected chi connectivity index (χ1v) is 14.0. The molecule has 0 atom stereocenters. The minimum Gasteiger partial charge on any atom is -0.382 e. The molecule has 12 nitrogen and oxygen atoms in total. The summed E-state index contributed by atoms with van der Waals surface area (Å²) in [6.45, 7) is 1.21. The van der Waals surface area contributed by atoms with Gasteiger partial charge in [0.25, 0.3) is 5.91 Å². The van der Waals surface area contributed by atoms with Crippen molar-refractivity contribution in [3.05, 3.63) is 107 Å². The maximum Gasteiger partial charge on any atom is 0.339 e. The van der Waals surface area contributed by atoms with Crippen LogP contribution in [0.15, 0.2) is 95.6 Å². The Morgan fingerprint density at radius 2 is 1.80 bits per heavy atom. The molecule has 2 aromatic heterocycles. The maximum atomic E-state index is 13.7. The number of allylic oxidation sites excluding steroid dienone is 3. The second-order valence-corrected chi connectivity index (χ2v) is 10.7. The summed E-state index contributed by atoms with van der Waals surface area (Å²) < 4.78 is 16.6. The lowest BCUT2D eigenvalue weighted by Crippen LogP contribution is -2.31. The Morgan fingerprint density at radius 1 is 1.07 bits per heavy atom. The topological polar surface area (TPSA) is 135 Å². The molecule has 0 saturated carbocycles. The first-order valence-electron chi connectivity index (χ1n) is 14.0. The van der Waals surface area contributed by atoms with Crippen molar-refractivity contribution in [2.75, 3.05) is 59.0 Å². The molecular weight excluding hydrogens is 577 g/mol. The quantitative estimate of drug-likeness (QED) is 0.227. The van der Waals surface area contributed by atoms with E-state index < -0.39 is 5.83 Å². The molecular formula is C32H36FN9O3. The minimum atomic E-state index is -0.439. The van der Waals surface area contributed by atoms with Gasteiger partial charge in [-0.3, -0.25) is 14.2 Å². The SMILES string of the molecule is CN(C)C/C=C/C=O.CN1C=C(F)C=C(NC(=O)c2ccc(-n3c(=O)n(-c4cccc(N(C)C)c4)c4ncnc(N)c43)cc2)C1. The molecule has 3 heterocycles. The van der Waals surface area contributed by atoms with E-state index in [1.165, 1.54) is 33.8 Å². The van der Waals surface area contributed by atoms with Crippen LogP contribution in [-0.2, 0) is 4.79 Å². The van der Waals surface area contributed by atoms with Crippen molar-refractivity contribution in [2.45, 2.75) is 0 Å². The van der Waals surface area contributed by atoms with Crippen LogP contribution in [0.25, 0.3) is 22.5 Å². The summed E-state index contributed by atoms with van der Waals surface area (Å²) in [6, 6.07) is 14.0. The van der Waals surface area contributed by atoms with Crippen LogP contribution in [0.2, 0.25) is 0 Å². The van der Waals surface area contributed by atoms with Gasteiger partial charge in [-0.25, -0.2) is 23.7 Å². The molecule has 5 rings (SSSR count). The number of carbonyl (C=O) groups is 2. The van der Waals surface area contributed by atoms with Gasteiger partial charge in [-0.1, -0.05) is 12.1 Å². The smallest absolute Gasteiger partial charge is 0.339 e. The van der Waals surface area contributed by atoms with Crippen LogP contribution >= 0.6 is 0 Å². The highest BCUT2D eigenvalue weighted by atomic mass is 19.1. The summed E-state index contributed by atoms with van der Waals surface area (Å²) in [5.74, 6) is -0.681. The first-order chi connectivity index (χ1) is 21.5. The third kappa shape index (κ3) is 7.70. The molecule has 0 bridgehead atoms. The molecule has 2 aromatic carbocycles. The molecule has 1 amide bonds. The van der Waals surface area contributed by atoms with Crippen LogP contribution in [0.3, 0.4) is 0 Å². The Balaban J connectivity index is 0.000000510. The summed E-state index contributed by atoms with van der Waals surface area (Å²) in [5, 5.41) is 2.73. The number of fused-ring (bicyclic) bond motifs is 1. The van der Waals surface area contributed by atoms with Crippen molar-refractivity contribution < 1.29 is 14.0 Å². The van der Waals surface area contributed by atoms with Crippen LogP contribution in [-0.4, -0.2) is 89.4 Å². The van der Waals surface area contributed by atoms with E-state index in [1.54, 1.807) is 36.2 Å². The van der Waals surface area contributed by atoms with E-state index >= 15 is 0 Å². The van der Waals surface area contributed by atoms with Gasteiger partial charge in [0.05, 0.1) is 17.9 Å². The Morgan fingerprint density at radius 3 is 2.44 bits per heavy atom. The fraction of sp³-hybridized carbons (Fsp3) is 0.219. The van der Waals surface area contributed by atoms with E-state index in [9.17, 15) is 18.8 Å². The van der Waals surface area contributed by atoms with Gasteiger partial charge in [0.2, 0.25) is 0 Å². The fourth-order valence-electron chi connectivity index (χ4n) is 4.59. The number of aldehydes is 1. The summed E-state index contributed by atoms with van der Waals surface area (Å²) in [5.41, 5.74) is 9.35. The molecule has 3 N–H and O–H groups in total. The standard InChI is InChI=1S/C26H25FN8O2.C6H11NO/c1-32(2)20-5-4-6-21(12-20)35-24-22(23(28)29-15-30-24)34(26(35)37)19-9-7-16(8-10-19)25(36)31-18-11-17(27)13-33(3)14-18;1-7(2)5-3-4-6-8/h4-13,15H,14H2,1-3H3,(H,31,36)(H2,28,29,30);3-4,6H,5H2,1-2H3/b;4-3+. The van der Waals surface area contributed by atoms with Crippen LogP contribution in [0.5, 0.6) is 0 Å². The Bertz CT molecular complexity index is 1840. The van der Waals surface area contributed by atoms with Crippen molar-refractivity contribution in [1.82, 2.24) is 34.2 Å². The molecule has 0 unspecified atom stereocenters. The van der Waals surface area contributed by atoms with Crippen LogP contribution in [0, 0.1) is 0 Å². The lowest BCUT2D eigenvalue weighted by atomic mass is 10.1. The largest absolute Gasteiger partial charge is 0.382 e. The number of anilines is 2. The van der Waals surface area contributed by atoms with Crippen molar-refractivity contribution in [3.63, 3.8) is 0 Å². The number of hydrogen-bond acceptors (Lipinski definition) is 9. The Hall–Kier alpha value is -5.56. The van der Waals surface area contributed by atoms with E-state index in [-0.39, 0.29) is 17.4 Å². The number of nitrogen functional groups attached to an aromatic ring is 1. The lowest BCUT2D eigenvalue weighted by Gasteiger charge is -2.21. The van der Waals surface area contributed by atoms with E-state index in [0.717, 1.165) is 18.5 Å². The number of hydrogen-bond donors (Lipinski definition) is 2. The number of nitrogens with one attached hydrogen (secondary N) is 1. The van der Waals surface area contributed by atoms with E-state index in [0.29, 0.717) is 40.3 Å². The first kappa shape index (κ1) is 32.4. The van der Waals surface area contributed by atoms with Gasteiger partial charge < -0.3 is 25.8 Å². The number of likely N-dealkylation sites (N-methyl/N-ethyl adjacent to an activating group) is 2. The van der Waals surface area contributed by atoms with Gasteiger partial charge in [0, 0.05) is 50.8 Å². The molecule has 234 valence electrons. The minimum absolute atomic E-state index is 0.148. The van der Waals surface area contributed by atoms with Crippen LogP contribution in [0.4, 0.5) is 15.9 Å². The molecule has 0 radical (unpaired) electrons. The zero-order valence-corrected chi connectivity index (χ0v) is 25.8. The Kier molecular flexibility index (Phi) is 10.3. The predicted octanol–water partition coefficient (Wildman–Crippen LogP) is 2.89. The zero-order valence-electron chi connectivity index (χ0n) is 25.8. The number of amides is 1. The van der Waals surface area contributed by atoms with Gasteiger partial charge >= 0.3 is 5.69 Å². The van der Waals surface area contributed by atoms with Crippen LogP contribution < -0.4 is 21.6 Å². The van der Waals surface area contributed by atoms with Crippen LogP contribution in [0.1, 0.15) is 10.4 Å². The molecule has 0 saturated heterocycles. The normalized spacial score (nSPS) is 12.9. The second kappa shape index (κ2) is 14.3. The number of halogens is 1. The number of rotatable bonds is 8. The average molecular weight is 614 g/mol. The van der Waals surface area contributed by atoms with Crippen molar-refractivity contribution in [1.29, 1.82) is 0 Å². The molecule has 4 aromatic rings. The number of carbonyl (C=O) groups excluding carboxylic acids is 2. The third-order valence-corrected chi connectivity index (χ3v) is 6.68. The number of benzene rings is 2. The number of nitrogens with zero attached hydrogens (tertiary/aromatic N) is 7. The molecule has 0 aliphatic carbocycles. The summed E-state index contributed by atoms with van der Waals surface area (Å²) in [6.07, 6.45) is 8.05. The predicted molar refractivity (Wildman–Crippen MR) is 174 cm³/mol. The molecule has 45 heavy (non-hydrogen) atoms. The number of aromatic nitrogens is 4. The highest BCUT2D eigenvalue weighted by Crippen LogP contribution is 2.25. The summed E-state index contributed by atoms with van der Waals surface area (Å²) >= 11 is 0. The van der Waals surface area contributed by atoms with E-state index in [4.69, 9.17) is 5.73 Å². The lowest BCUT2D eigenvalue weighted by molar-refractivity contribution is -0.104. The zero-order chi connectivity index (χ0) is 32.7. The number of nitrogens with two attached hydrogens (primary N) is 1. The van der Waals surface area contributed by atoms with Crippen molar-refractivity contribution in [3.8, 4) is 11.4 Å². The highest BCUT2D eigenvalue weighted by Gasteiger charge is 2.21. The van der Waals surface area contributed by atoms with E-state index in [1.807, 2.05) is 68.3 Å². The van der Waals surface area contributed by atoms with Gasteiger partial charge in [0.15, 0.2) is 11.5 Å². The molecule has 1 aliphatic rings. The molecule has 0 fully saturated rings. The fourth-order valence-corrected chi connectivity index (χ4v) is 4.59. The molecule has 1 aliphatic heterocycles. The van der Waals surface area contributed by atoms with E-state index in [2.05, 4.69) is 15.3 Å². The monoisotopic (exact) mass is 613 g/mol. The van der Waals surface area contributed by atoms with Gasteiger partial charge in [-0.2, -0.15) is 0 Å². The Labute approximate surface area is 260 Å². The maximum absolute atomic E-state index is 13.7. The van der Waals surface area contributed by atoms with Crippen molar-refractivity contribution >= 4 is 34.9 Å². The second-order valence-electron chi connectivity index (χ2n) is 10.7. The summed E-state index contributed by atoms with van der Waals surface area (Å²) in [7, 11) is 9.46. The van der Waals surface area contributed by atoms with Crippen molar-refractivity contribution in [2.24, 2.45) is 0 Å². The highest BCUT2D eigenvalue weighted by molar-refractivity contribution is 5.95.